The van der Waals surface area contributed by atoms with Crippen molar-refractivity contribution < 1.29 is 9.18 Å². The van der Waals surface area contributed by atoms with E-state index in [0.717, 1.165) is 0 Å². The molecule has 1 unspecified atom stereocenters. The first-order chi connectivity index (χ1) is 8.56. The number of hydrogen-bond donors (Lipinski definition) is 2. The molecule has 0 saturated heterocycles. The van der Waals surface area contributed by atoms with Gasteiger partial charge in [-0.15, -0.1) is 0 Å². The Morgan fingerprint density at radius 1 is 1.67 bits per heavy atom. The van der Waals surface area contributed by atoms with E-state index in [9.17, 15) is 9.18 Å². The van der Waals surface area contributed by atoms with Gasteiger partial charge in [-0.25, -0.2) is 4.39 Å². The third-order valence-corrected chi connectivity index (χ3v) is 2.67. The molecule has 96 valence electrons. The largest absolute Gasteiger partial charge is 0.368 e. The Kier molecular flexibility index (Phi) is 5.57. The Bertz CT molecular complexity index is 489. The number of nitrogens with one attached hydrogen (secondary N) is 1. The number of carbonyl (C=O) groups is 1. The molecule has 1 rings (SSSR count). The fourth-order valence-corrected chi connectivity index (χ4v) is 1.78. The summed E-state index contributed by atoms with van der Waals surface area (Å²) in [6, 6.07) is 3.28. The molecule has 1 aromatic carbocycles. The standard InChI is InChI=1S/C10H11BrFN5O/c11-6-1-2-8(12)7(5-6)9(10(13)18)15-3-4-16-17-14/h1-2,5,9,15H,3-4H2,(H2,13,18). The molecule has 1 amide bonds. The van der Waals surface area contributed by atoms with Crippen molar-refractivity contribution in [3.8, 4) is 0 Å². The van der Waals surface area contributed by atoms with Gasteiger partial charge in [-0.3, -0.25) is 4.79 Å². The fourth-order valence-electron chi connectivity index (χ4n) is 1.40. The maximum atomic E-state index is 13.6. The lowest BCUT2D eigenvalue weighted by Gasteiger charge is -2.16. The maximum absolute atomic E-state index is 13.6. The lowest BCUT2D eigenvalue weighted by molar-refractivity contribution is -0.120. The summed E-state index contributed by atoms with van der Waals surface area (Å²) in [7, 11) is 0. The minimum absolute atomic E-state index is 0.149. The molecule has 0 fully saturated rings. The highest BCUT2D eigenvalue weighted by Crippen LogP contribution is 2.21. The predicted molar refractivity (Wildman–Crippen MR) is 68.1 cm³/mol. The van der Waals surface area contributed by atoms with Crippen molar-refractivity contribution in [1.29, 1.82) is 0 Å². The van der Waals surface area contributed by atoms with Gasteiger partial charge in [-0.1, -0.05) is 21.0 Å². The molecule has 0 saturated carbocycles. The van der Waals surface area contributed by atoms with Crippen molar-refractivity contribution in [2.75, 3.05) is 13.1 Å². The summed E-state index contributed by atoms with van der Waals surface area (Å²) in [5, 5.41) is 6.04. The normalized spacial score (nSPS) is 11.7. The average molecular weight is 316 g/mol. The molecular formula is C10H11BrFN5O. The quantitative estimate of drug-likeness (QED) is 0.363. The van der Waals surface area contributed by atoms with Crippen LogP contribution in [0.25, 0.3) is 10.4 Å². The van der Waals surface area contributed by atoms with Gasteiger partial charge in [-0.05, 0) is 23.7 Å². The maximum Gasteiger partial charge on any atom is 0.239 e. The number of hydrogen-bond acceptors (Lipinski definition) is 3. The minimum atomic E-state index is -0.962. The molecule has 0 aromatic heterocycles. The summed E-state index contributed by atoms with van der Waals surface area (Å²) >= 11 is 3.19. The van der Waals surface area contributed by atoms with Gasteiger partial charge >= 0.3 is 0 Å². The van der Waals surface area contributed by atoms with E-state index in [1.807, 2.05) is 0 Å². The Hall–Kier alpha value is -1.63. The fraction of sp³-hybridized carbons (Fsp3) is 0.300. The number of azide groups is 1. The van der Waals surface area contributed by atoms with Crippen molar-refractivity contribution in [2.24, 2.45) is 10.8 Å². The van der Waals surface area contributed by atoms with Crippen LogP contribution in [0, 0.1) is 5.82 Å². The Balaban J connectivity index is 2.87. The molecule has 1 atom stereocenters. The van der Waals surface area contributed by atoms with E-state index in [4.69, 9.17) is 11.3 Å². The zero-order valence-electron chi connectivity index (χ0n) is 9.31. The third kappa shape index (κ3) is 3.99. The molecule has 0 heterocycles. The van der Waals surface area contributed by atoms with Gasteiger partial charge in [0.2, 0.25) is 5.91 Å². The van der Waals surface area contributed by atoms with Crippen molar-refractivity contribution in [3.05, 3.63) is 44.5 Å². The zero-order chi connectivity index (χ0) is 13.5. The predicted octanol–water partition coefficient (Wildman–Crippen LogP) is 2.01. The highest BCUT2D eigenvalue weighted by molar-refractivity contribution is 9.10. The number of benzene rings is 1. The summed E-state index contributed by atoms with van der Waals surface area (Å²) in [6.07, 6.45) is 0. The second-order valence-corrected chi connectivity index (χ2v) is 4.33. The van der Waals surface area contributed by atoms with Crippen LogP contribution in [0.5, 0.6) is 0 Å². The van der Waals surface area contributed by atoms with Crippen LogP contribution >= 0.6 is 15.9 Å². The number of nitrogens with zero attached hydrogens (tertiary/aromatic N) is 3. The summed E-state index contributed by atoms with van der Waals surface area (Å²) in [6.45, 7) is 0.375. The molecule has 0 radical (unpaired) electrons. The number of halogens is 2. The van der Waals surface area contributed by atoms with E-state index in [0.29, 0.717) is 4.47 Å². The van der Waals surface area contributed by atoms with E-state index < -0.39 is 17.8 Å². The first-order valence-electron chi connectivity index (χ1n) is 5.04. The number of carbonyl (C=O) groups excluding carboxylic acids is 1. The summed E-state index contributed by atoms with van der Waals surface area (Å²) in [4.78, 5) is 13.9. The van der Waals surface area contributed by atoms with E-state index in [1.54, 1.807) is 0 Å². The Morgan fingerprint density at radius 2 is 2.39 bits per heavy atom. The SMILES string of the molecule is [N-]=[N+]=NCCNC(C(N)=O)c1cc(Br)ccc1F. The summed E-state index contributed by atoms with van der Waals surface area (Å²) < 4.78 is 14.2. The summed E-state index contributed by atoms with van der Waals surface area (Å²) in [5.41, 5.74) is 13.5. The average Bonchev–Trinajstić information content (AvgIpc) is 2.32. The highest BCUT2D eigenvalue weighted by atomic mass is 79.9. The van der Waals surface area contributed by atoms with Crippen molar-refractivity contribution in [2.45, 2.75) is 6.04 Å². The van der Waals surface area contributed by atoms with Gasteiger partial charge in [0.15, 0.2) is 0 Å². The number of nitrogens with two attached hydrogens (primary N) is 1. The van der Waals surface area contributed by atoms with Crippen molar-refractivity contribution in [3.63, 3.8) is 0 Å². The second-order valence-electron chi connectivity index (χ2n) is 3.41. The van der Waals surface area contributed by atoms with Crippen LogP contribution < -0.4 is 11.1 Å². The Morgan fingerprint density at radius 3 is 3.00 bits per heavy atom. The second kappa shape index (κ2) is 6.95. The van der Waals surface area contributed by atoms with E-state index >= 15 is 0 Å². The third-order valence-electron chi connectivity index (χ3n) is 2.18. The van der Waals surface area contributed by atoms with E-state index in [1.165, 1.54) is 18.2 Å². The van der Waals surface area contributed by atoms with Crippen molar-refractivity contribution >= 4 is 21.8 Å². The molecule has 3 N–H and O–H groups in total. The lowest BCUT2D eigenvalue weighted by Crippen LogP contribution is -2.35. The van der Waals surface area contributed by atoms with E-state index in [-0.39, 0.29) is 18.7 Å². The first kappa shape index (κ1) is 14.4. The smallest absolute Gasteiger partial charge is 0.239 e. The van der Waals surface area contributed by atoms with Crippen LogP contribution in [-0.2, 0) is 4.79 Å². The van der Waals surface area contributed by atoms with Gasteiger partial charge in [0.05, 0.1) is 0 Å². The molecule has 18 heavy (non-hydrogen) atoms. The first-order valence-corrected chi connectivity index (χ1v) is 5.84. The van der Waals surface area contributed by atoms with Crippen LogP contribution in [0.4, 0.5) is 4.39 Å². The number of amides is 1. The number of primary amides is 1. The molecule has 1 aromatic rings. The van der Waals surface area contributed by atoms with Gasteiger partial charge < -0.3 is 11.1 Å². The molecule has 0 spiro atoms. The zero-order valence-corrected chi connectivity index (χ0v) is 10.9. The van der Waals surface area contributed by atoms with Crippen LogP contribution in [0.3, 0.4) is 0 Å². The van der Waals surface area contributed by atoms with Gasteiger partial charge in [0.25, 0.3) is 0 Å². The van der Waals surface area contributed by atoms with Crippen LogP contribution in [-0.4, -0.2) is 19.0 Å². The van der Waals surface area contributed by atoms with Crippen LogP contribution in [0.2, 0.25) is 0 Å². The highest BCUT2D eigenvalue weighted by Gasteiger charge is 2.20. The molecule has 0 aliphatic rings. The van der Waals surface area contributed by atoms with Gasteiger partial charge in [0, 0.05) is 28.0 Å². The minimum Gasteiger partial charge on any atom is -0.368 e. The molecule has 0 aliphatic heterocycles. The van der Waals surface area contributed by atoms with Crippen LogP contribution in [0.15, 0.2) is 27.8 Å². The molecule has 6 nitrogen and oxygen atoms in total. The van der Waals surface area contributed by atoms with Gasteiger partial charge in [0.1, 0.15) is 11.9 Å². The number of rotatable bonds is 6. The molecule has 8 heteroatoms. The van der Waals surface area contributed by atoms with Crippen LogP contribution in [0.1, 0.15) is 11.6 Å². The van der Waals surface area contributed by atoms with Crippen molar-refractivity contribution in [1.82, 2.24) is 5.32 Å². The molecule has 0 aliphatic carbocycles. The Labute approximate surface area is 111 Å². The van der Waals surface area contributed by atoms with E-state index in [2.05, 4.69) is 31.3 Å². The molecular weight excluding hydrogens is 305 g/mol. The lowest BCUT2D eigenvalue weighted by atomic mass is 10.1. The topological polar surface area (TPSA) is 104 Å². The summed E-state index contributed by atoms with van der Waals surface area (Å²) in [5.74, 6) is -1.23. The molecule has 0 bridgehead atoms. The monoisotopic (exact) mass is 315 g/mol. The van der Waals surface area contributed by atoms with Gasteiger partial charge in [-0.2, -0.15) is 0 Å².